The van der Waals surface area contributed by atoms with Crippen LogP contribution < -0.4 is 10.5 Å². The number of fused-ring (bicyclic) bond motifs is 1. The molecule has 0 aliphatic carbocycles. The summed E-state index contributed by atoms with van der Waals surface area (Å²) >= 11 is 3.26. The molecule has 1 atom stereocenters. The van der Waals surface area contributed by atoms with Gasteiger partial charge in [0.2, 0.25) is 11.8 Å². The number of nitrogens with zero attached hydrogens (tertiary/aromatic N) is 2. The van der Waals surface area contributed by atoms with Crippen LogP contribution >= 0.6 is 15.9 Å². The number of hydrogen-bond acceptors (Lipinski definition) is 4. The van der Waals surface area contributed by atoms with Gasteiger partial charge in [0.1, 0.15) is 17.3 Å². The summed E-state index contributed by atoms with van der Waals surface area (Å²) in [4.78, 5) is 0. The molecule has 9 heteroatoms. The third kappa shape index (κ3) is 2.55. The minimum atomic E-state index is -4.66. The average molecular weight is 385 g/mol. The summed E-state index contributed by atoms with van der Waals surface area (Å²) in [5.41, 5.74) is 4.76. The van der Waals surface area contributed by atoms with Gasteiger partial charge in [-0.1, -0.05) is 28.1 Å². The van der Waals surface area contributed by atoms with Gasteiger partial charge >= 0.3 is 6.18 Å². The van der Waals surface area contributed by atoms with E-state index in [0.29, 0.717) is 5.56 Å². The normalized spacial score (nSPS) is 17.4. The molecule has 0 saturated heterocycles. The van der Waals surface area contributed by atoms with Crippen molar-refractivity contribution in [1.82, 2.24) is 10.2 Å². The van der Waals surface area contributed by atoms with Crippen LogP contribution in [0.1, 0.15) is 22.7 Å². The summed E-state index contributed by atoms with van der Waals surface area (Å²) in [7, 11) is 0. The van der Waals surface area contributed by atoms with Gasteiger partial charge in [-0.2, -0.15) is 18.4 Å². The molecule has 2 aromatic rings. The largest absolute Gasteiger partial charge is 0.433 e. The number of halogens is 4. The molecule has 118 valence electrons. The van der Waals surface area contributed by atoms with E-state index in [9.17, 15) is 18.4 Å². The maximum atomic E-state index is 13.2. The molecule has 0 spiro atoms. The molecule has 0 saturated carbocycles. The summed E-state index contributed by atoms with van der Waals surface area (Å²) in [6.45, 7) is 0. The minimum Gasteiger partial charge on any atom is -0.420 e. The van der Waals surface area contributed by atoms with Crippen LogP contribution in [-0.4, -0.2) is 10.2 Å². The lowest BCUT2D eigenvalue weighted by molar-refractivity contribution is -0.141. The molecule has 23 heavy (non-hydrogen) atoms. The molecule has 1 aliphatic rings. The number of aromatic nitrogens is 2. The maximum absolute atomic E-state index is 13.2. The molecule has 0 bridgehead atoms. The highest BCUT2D eigenvalue weighted by molar-refractivity contribution is 9.10. The quantitative estimate of drug-likeness (QED) is 0.788. The summed E-state index contributed by atoms with van der Waals surface area (Å²) in [5, 5.41) is 14.8. The molecule has 0 radical (unpaired) electrons. The van der Waals surface area contributed by atoms with E-state index in [2.05, 4.69) is 21.0 Å². The van der Waals surface area contributed by atoms with Crippen LogP contribution in [0.15, 0.2) is 40.2 Å². The first kappa shape index (κ1) is 15.4. The SMILES string of the molecule is N#CC1=C(N)Oc2n[nH]c(C(F)(F)F)c2[C@@H]1c1ccc(Br)cc1. The molecule has 2 heterocycles. The highest BCUT2D eigenvalue weighted by atomic mass is 79.9. The second-order valence-corrected chi connectivity index (χ2v) is 5.71. The van der Waals surface area contributed by atoms with E-state index in [1.807, 2.05) is 11.2 Å². The van der Waals surface area contributed by atoms with Gasteiger partial charge in [0.15, 0.2) is 0 Å². The van der Waals surface area contributed by atoms with Gasteiger partial charge in [0.05, 0.1) is 11.5 Å². The fourth-order valence-electron chi connectivity index (χ4n) is 2.45. The first-order chi connectivity index (χ1) is 10.8. The molecular formula is C14H8BrF3N4O. The number of ether oxygens (including phenoxy) is 1. The standard InChI is InChI=1S/C14H8BrF3N4O/c15-7-3-1-6(2-4-7)9-8(5-19)12(20)23-13-10(9)11(21-22-13)14(16,17)18/h1-4,9H,20H2,(H,21,22)/t9-/m1/s1. The second-order valence-electron chi connectivity index (χ2n) is 4.79. The van der Waals surface area contributed by atoms with Crippen molar-refractivity contribution in [3.63, 3.8) is 0 Å². The van der Waals surface area contributed by atoms with Crippen LogP contribution in [0, 0.1) is 11.3 Å². The van der Waals surface area contributed by atoms with E-state index in [4.69, 9.17) is 10.5 Å². The Morgan fingerprint density at radius 1 is 1.30 bits per heavy atom. The zero-order valence-electron chi connectivity index (χ0n) is 11.3. The van der Waals surface area contributed by atoms with Crippen LogP contribution in [0.5, 0.6) is 5.88 Å². The number of nitriles is 1. The maximum Gasteiger partial charge on any atom is 0.433 e. The van der Waals surface area contributed by atoms with Crippen molar-refractivity contribution in [2.45, 2.75) is 12.1 Å². The Labute approximate surface area is 136 Å². The Morgan fingerprint density at radius 2 is 1.96 bits per heavy atom. The lowest BCUT2D eigenvalue weighted by atomic mass is 9.84. The number of hydrogen-bond donors (Lipinski definition) is 2. The van der Waals surface area contributed by atoms with Crippen molar-refractivity contribution < 1.29 is 17.9 Å². The number of allylic oxidation sites excluding steroid dienone is 1. The van der Waals surface area contributed by atoms with Gasteiger partial charge in [-0.15, -0.1) is 5.10 Å². The highest BCUT2D eigenvalue weighted by Gasteiger charge is 2.44. The van der Waals surface area contributed by atoms with Gasteiger partial charge in [-0.3, -0.25) is 5.10 Å². The molecule has 1 aromatic carbocycles. The van der Waals surface area contributed by atoms with Crippen LogP contribution in [0.25, 0.3) is 0 Å². The van der Waals surface area contributed by atoms with Crippen LogP contribution in [0.2, 0.25) is 0 Å². The van der Waals surface area contributed by atoms with Crippen molar-refractivity contribution in [3.8, 4) is 11.9 Å². The first-order valence-corrected chi connectivity index (χ1v) is 7.10. The number of benzene rings is 1. The van der Waals surface area contributed by atoms with Crippen molar-refractivity contribution in [3.05, 3.63) is 57.0 Å². The van der Waals surface area contributed by atoms with E-state index in [1.165, 1.54) is 0 Å². The number of aromatic amines is 1. The molecule has 0 unspecified atom stereocenters. The smallest absolute Gasteiger partial charge is 0.420 e. The zero-order chi connectivity index (χ0) is 16.8. The lowest BCUT2D eigenvalue weighted by Crippen LogP contribution is -2.22. The highest BCUT2D eigenvalue weighted by Crippen LogP contribution is 2.46. The number of nitrogens with one attached hydrogen (secondary N) is 1. The Kier molecular flexibility index (Phi) is 3.56. The van der Waals surface area contributed by atoms with Crippen molar-refractivity contribution in [2.75, 3.05) is 0 Å². The predicted molar refractivity (Wildman–Crippen MR) is 77.0 cm³/mol. The number of alkyl halides is 3. The number of H-pyrrole nitrogens is 1. The summed E-state index contributed by atoms with van der Waals surface area (Å²) in [6.07, 6.45) is -4.66. The van der Waals surface area contributed by atoms with Crippen LogP contribution in [-0.2, 0) is 6.18 Å². The molecule has 1 aromatic heterocycles. The molecule has 3 rings (SSSR count). The van der Waals surface area contributed by atoms with Gasteiger partial charge < -0.3 is 10.5 Å². The predicted octanol–water partition coefficient (Wildman–Crippen LogP) is 3.41. The Bertz CT molecular complexity index is 833. The van der Waals surface area contributed by atoms with Crippen molar-refractivity contribution >= 4 is 15.9 Å². The Balaban J connectivity index is 2.26. The molecule has 0 amide bonds. The number of nitrogens with two attached hydrogens (primary N) is 1. The molecular weight excluding hydrogens is 377 g/mol. The third-order valence-electron chi connectivity index (χ3n) is 3.43. The summed E-state index contributed by atoms with van der Waals surface area (Å²) < 4.78 is 45.5. The number of rotatable bonds is 1. The average Bonchev–Trinajstić information content (AvgIpc) is 2.90. The van der Waals surface area contributed by atoms with Crippen molar-refractivity contribution in [1.29, 1.82) is 5.26 Å². The zero-order valence-corrected chi connectivity index (χ0v) is 12.9. The molecule has 1 aliphatic heterocycles. The van der Waals surface area contributed by atoms with E-state index in [-0.39, 0.29) is 22.9 Å². The van der Waals surface area contributed by atoms with E-state index >= 15 is 0 Å². The van der Waals surface area contributed by atoms with E-state index in [0.717, 1.165) is 4.47 Å². The van der Waals surface area contributed by atoms with Gasteiger partial charge in [0.25, 0.3) is 0 Å². The lowest BCUT2D eigenvalue weighted by Gasteiger charge is -2.24. The second kappa shape index (κ2) is 5.31. The van der Waals surface area contributed by atoms with E-state index < -0.39 is 17.8 Å². The van der Waals surface area contributed by atoms with Crippen LogP contribution in [0.3, 0.4) is 0 Å². The molecule has 0 fully saturated rings. The molecule has 3 N–H and O–H groups in total. The Morgan fingerprint density at radius 3 is 2.52 bits per heavy atom. The molecule has 5 nitrogen and oxygen atoms in total. The van der Waals surface area contributed by atoms with Crippen LogP contribution in [0.4, 0.5) is 13.2 Å². The topological polar surface area (TPSA) is 87.7 Å². The first-order valence-electron chi connectivity index (χ1n) is 6.31. The van der Waals surface area contributed by atoms with E-state index in [1.54, 1.807) is 24.3 Å². The van der Waals surface area contributed by atoms with Crippen molar-refractivity contribution in [2.24, 2.45) is 5.73 Å². The van der Waals surface area contributed by atoms with Gasteiger partial charge in [0, 0.05) is 4.47 Å². The fraction of sp³-hybridized carbons (Fsp3) is 0.143. The summed E-state index contributed by atoms with van der Waals surface area (Å²) in [5.74, 6) is -1.54. The Hall–Kier alpha value is -2.47. The fourth-order valence-corrected chi connectivity index (χ4v) is 2.71. The summed E-state index contributed by atoms with van der Waals surface area (Å²) in [6, 6.07) is 8.40. The third-order valence-corrected chi connectivity index (χ3v) is 3.95. The van der Waals surface area contributed by atoms with Gasteiger partial charge in [-0.25, -0.2) is 0 Å². The minimum absolute atomic E-state index is 0.0910. The monoisotopic (exact) mass is 384 g/mol. The van der Waals surface area contributed by atoms with Gasteiger partial charge in [-0.05, 0) is 17.7 Å².